The van der Waals surface area contributed by atoms with Gasteiger partial charge in [-0.2, -0.15) is 0 Å². The van der Waals surface area contributed by atoms with E-state index in [1.165, 1.54) is 4.90 Å². The second kappa shape index (κ2) is 11.9. The van der Waals surface area contributed by atoms with Gasteiger partial charge in [-0.15, -0.1) is 0 Å². The van der Waals surface area contributed by atoms with Gasteiger partial charge in [0.15, 0.2) is 6.61 Å². The van der Waals surface area contributed by atoms with Gasteiger partial charge in [0.25, 0.3) is 5.91 Å². The zero-order chi connectivity index (χ0) is 23.6. The third-order valence-corrected chi connectivity index (χ3v) is 5.42. The highest BCUT2D eigenvalue weighted by atomic mass is 35.5. The number of ether oxygens (including phenoxy) is 2. The topological polar surface area (TPSA) is 67.9 Å². The molecule has 0 spiro atoms. The summed E-state index contributed by atoms with van der Waals surface area (Å²) >= 11 is 5.92. The number of methoxy groups -OCH3 is 1. The fourth-order valence-corrected chi connectivity index (χ4v) is 3.32. The largest absolute Gasteiger partial charge is 0.497 e. The van der Waals surface area contributed by atoms with Crippen LogP contribution in [0.3, 0.4) is 0 Å². The van der Waals surface area contributed by atoms with E-state index >= 15 is 0 Å². The summed E-state index contributed by atoms with van der Waals surface area (Å²) in [5.41, 5.74) is 1.79. The van der Waals surface area contributed by atoms with Crippen LogP contribution < -0.4 is 14.8 Å². The molecule has 0 bridgehead atoms. The van der Waals surface area contributed by atoms with Gasteiger partial charge in [-0.1, -0.05) is 54.1 Å². The molecule has 0 saturated carbocycles. The van der Waals surface area contributed by atoms with Crippen molar-refractivity contribution >= 4 is 23.4 Å². The van der Waals surface area contributed by atoms with Crippen LogP contribution in [0.4, 0.5) is 0 Å². The molecule has 3 rings (SSSR count). The van der Waals surface area contributed by atoms with Crippen LogP contribution in [0.25, 0.3) is 0 Å². The van der Waals surface area contributed by atoms with E-state index < -0.39 is 6.04 Å². The molecule has 0 aliphatic carbocycles. The van der Waals surface area contributed by atoms with E-state index in [4.69, 9.17) is 21.1 Å². The number of hydrogen-bond donors (Lipinski definition) is 1. The van der Waals surface area contributed by atoms with Gasteiger partial charge in [-0.25, -0.2) is 0 Å². The Bertz CT molecular complexity index is 1040. The Kier molecular flexibility index (Phi) is 8.72. The third-order valence-electron chi connectivity index (χ3n) is 5.16. The Morgan fingerprint density at radius 1 is 0.909 bits per heavy atom. The molecule has 7 heteroatoms. The summed E-state index contributed by atoms with van der Waals surface area (Å²) in [6.07, 6.45) is 0. The lowest BCUT2D eigenvalue weighted by Gasteiger charge is -2.29. The second-order valence-corrected chi connectivity index (χ2v) is 7.93. The summed E-state index contributed by atoms with van der Waals surface area (Å²) in [6, 6.07) is 23.0. The Labute approximate surface area is 199 Å². The fourth-order valence-electron chi connectivity index (χ4n) is 3.19. The first-order chi connectivity index (χ1) is 16.0. The molecule has 2 amide bonds. The minimum atomic E-state index is -0.703. The number of halogens is 1. The minimum Gasteiger partial charge on any atom is -0.497 e. The van der Waals surface area contributed by atoms with Crippen molar-refractivity contribution in [3.63, 3.8) is 0 Å². The number of rotatable bonds is 10. The van der Waals surface area contributed by atoms with Crippen molar-refractivity contribution in [2.75, 3.05) is 13.7 Å². The first kappa shape index (κ1) is 24.1. The molecule has 0 aromatic heterocycles. The van der Waals surface area contributed by atoms with Crippen molar-refractivity contribution in [3.05, 3.63) is 95.0 Å². The van der Waals surface area contributed by atoms with Crippen LogP contribution >= 0.6 is 11.6 Å². The summed E-state index contributed by atoms with van der Waals surface area (Å²) in [6.45, 7) is 2.14. The first-order valence-electron chi connectivity index (χ1n) is 10.6. The summed E-state index contributed by atoms with van der Waals surface area (Å²) in [4.78, 5) is 27.5. The molecule has 3 aromatic carbocycles. The molecule has 6 nitrogen and oxygen atoms in total. The van der Waals surface area contributed by atoms with Gasteiger partial charge in [0.2, 0.25) is 5.91 Å². The Hall–Kier alpha value is -3.51. The first-order valence-corrected chi connectivity index (χ1v) is 11.0. The predicted molar refractivity (Wildman–Crippen MR) is 128 cm³/mol. The van der Waals surface area contributed by atoms with E-state index in [0.29, 0.717) is 17.3 Å². The van der Waals surface area contributed by atoms with Gasteiger partial charge in [0.1, 0.15) is 17.5 Å². The molecule has 0 heterocycles. The van der Waals surface area contributed by atoms with Crippen molar-refractivity contribution in [1.29, 1.82) is 0 Å². The molecule has 0 saturated heterocycles. The maximum absolute atomic E-state index is 13.1. The smallest absolute Gasteiger partial charge is 0.261 e. The molecular formula is C26H27ClN2O4. The molecule has 1 atom stereocenters. The number of para-hydroxylation sites is 1. The normalized spacial score (nSPS) is 11.4. The minimum absolute atomic E-state index is 0.172. The zero-order valence-corrected chi connectivity index (χ0v) is 19.4. The lowest BCUT2D eigenvalue weighted by atomic mass is 10.1. The molecule has 0 fully saturated rings. The van der Waals surface area contributed by atoms with Gasteiger partial charge in [0.05, 0.1) is 7.11 Å². The number of amides is 2. The molecule has 1 N–H and O–H groups in total. The third kappa shape index (κ3) is 7.26. The number of benzene rings is 3. The summed E-state index contributed by atoms with van der Waals surface area (Å²) < 4.78 is 10.8. The molecule has 0 aliphatic heterocycles. The van der Waals surface area contributed by atoms with Gasteiger partial charge < -0.3 is 19.7 Å². The van der Waals surface area contributed by atoms with Crippen molar-refractivity contribution in [1.82, 2.24) is 10.2 Å². The van der Waals surface area contributed by atoms with E-state index in [1.54, 1.807) is 38.3 Å². The summed E-state index contributed by atoms with van der Waals surface area (Å²) in [5.74, 6) is 0.767. The fraction of sp³-hybridized carbons (Fsp3) is 0.231. The van der Waals surface area contributed by atoms with E-state index in [9.17, 15) is 9.59 Å². The Balaban J connectivity index is 1.69. The quantitative estimate of drug-likeness (QED) is 0.479. The maximum Gasteiger partial charge on any atom is 0.261 e. The Morgan fingerprint density at radius 3 is 2.18 bits per heavy atom. The van der Waals surface area contributed by atoms with Crippen LogP contribution in [-0.2, 0) is 22.7 Å². The lowest BCUT2D eigenvalue weighted by Crippen LogP contribution is -2.48. The Morgan fingerprint density at radius 2 is 1.55 bits per heavy atom. The van der Waals surface area contributed by atoms with Crippen LogP contribution in [-0.4, -0.2) is 36.5 Å². The predicted octanol–water partition coefficient (Wildman–Crippen LogP) is 4.46. The number of carbonyl (C=O) groups excluding carboxylic acids is 2. The van der Waals surface area contributed by atoms with Gasteiger partial charge in [-0.3, -0.25) is 9.59 Å². The number of hydrogen-bond acceptors (Lipinski definition) is 4. The summed E-state index contributed by atoms with van der Waals surface area (Å²) in [7, 11) is 1.60. The molecule has 0 radical (unpaired) electrons. The van der Waals surface area contributed by atoms with Crippen molar-refractivity contribution in [3.8, 4) is 11.5 Å². The standard InChI is InChI=1S/C26H27ClN2O4/c1-19(26(31)28-16-20-8-12-22(27)13-9-20)29(17-21-10-14-23(32-2)15-11-21)25(30)18-33-24-6-4-3-5-7-24/h3-15,19H,16-18H2,1-2H3,(H,28,31). The highest BCUT2D eigenvalue weighted by Crippen LogP contribution is 2.16. The molecule has 0 aliphatic rings. The number of carbonyl (C=O) groups is 2. The zero-order valence-electron chi connectivity index (χ0n) is 18.7. The average Bonchev–Trinajstić information content (AvgIpc) is 2.86. The molecule has 172 valence electrons. The number of nitrogens with one attached hydrogen (secondary N) is 1. The molecule has 3 aromatic rings. The van der Waals surface area contributed by atoms with Crippen molar-refractivity contribution in [2.24, 2.45) is 0 Å². The molecular weight excluding hydrogens is 440 g/mol. The maximum atomic E-state index is 13.1. The highest BCUT2D eigenvalue weighted by Gasteiger charge is 2.26. The SMILES string of the molecule is COc1ccc(CN(C(=O)COc2ccccc2)C(C)C(=O)NCc2ccc(Cl)cc2)cc1. The van der Waals surface area contributed by atoms with E-state index in [1.807, 2.05) is 54.6 Å². The monoisotopic (exact) mass is 466 g/mol. The molecule has 33 heavy (non-hydrogen) atoms. The van der Waals surface area contributed by atoms with E-state index in [0.717, 1.165) is 16.9 Å². The van der Waals surface area contributed by atoms with E-state index in [-0.39, 0.29) is 25.0 Å². The van der Waals surface area contributed by atoms with Crippen LogP contribution in [0.1, 0.15) is 18.1 Å². The van der Waals surface area contributed by atoms with Crippen LogP contribution in [0.15, 0.2) is 78.9 Å². The van der Waals surface area contributed by atoms with Gasteiger partial charge in [-0.05, 0) is 54.4 Å². The lowest BCUT2D eigenvalue weighted by molar-refractivity contribution is -0.142. The van der Waals surface area contributed by atoms with Crippen LogP contribution in [0, 0.1) is 0 Å². The average molecular weight is 467 g/mol. The van der Waals surface area contributed by atoms with Crippen molar-refractivity contribution < 1.29 is 19.1 Å². The molecule has 1 unspecified atom stereocenters. The second-order valence-electron chi connectivity index (χ2n) is 7.49. The van der Waals surface area contributed by atoms with Gasteiger partial charge in [0, 0.05) is 18.1 Å². The van der Waals surface area contributed by atoms with E-state index in [2.05, 4.69) is 5.32 Å². The summed E-state index contributed by atoms with van der Waals surface area (Å²) in [5, 5.41) is 3.53. The number of nitrogens with zero attached hydrogens (tertiary/aromatic N) is 1. The van der Waals surface area contributed by atoms with Crippen LogP contribution in [0.5, 0.6) is 11.5 Å². The highest BCUT2D eigenvalue weighted by molar-refractivity contribution is 6.30. The van der Waals surface area contributed by atoms with Gasteiger partial charge >= 0.3 is 0 Å². The van der Waals surface area contributed by atoms with Crippen LogP contribution in [0.2, 0.25) is 5.02 Å². The van der Waals surface area contributed by atoms with Crippen molar-refractivity contribution in [2.45, 2.75) is 26.1 Å².